The molecule has 0 unspecified atom stereocenters. The number of carbonyl (C=O) groups is 2. The Morgan fingerprint density at radius 2 is 2.10 bits per heavy atom. The zero-order valence-corrected chi connectivity index (χ0v) is 11.8. The number of aryl methyl sites for hydroxylation is 1. The lowest BCUT2D eigenvalue weighted by Gasteiger charge is -2.16. The summed E-state index contributed by atoms with van der Waals surface area (Å²) in [5.41, 5.74) is 2.41. The number of carbonyl (C=O) groups excluding carboxylic acids is 1. The molecule has 0 radical (unpaired) electrons. The molecule has 1 amide bonds. The number of hydrogen-bond acceptors (Lipinski definition) is 4. The zero-order chi connectivity index (χ0) is 15.6. The van der Waals surface area contributed by atoms with Gasteiger partial charge in [0.05, 0.1) is 18.8 Å². The third-order valence-electron chi connectivity index (χ3n) is 3.23. The average Bonchev–Trinajstić information content (AvgIpc) is 2.77. The molecule has 1 aromatic heterocycles. The standard InChI is InChI=1S/C15H17NO5/c1-8-3-4-11-10(7-21-12(11)5-8)6-13(18)16-14(9(2)17)15(19)20/h3-5,7,9,14,17H,6H2,1-2H3,(H,16,18)(H,19,20)/t9-,14+/m1/s1. The van der Waals surface area contributed by atoms with Crippen LogP contribution in [-0.4, -0.2) is 34.2 Å². The first kappa shape index (κ1) is 15.1. The number of aliphatic hydroxyl groups excluding tert-OH is 1. The maximum absolute atomic E-state index is 11.9. The van der Waals surface area contributed by atoms with E-state index in [1.807, 2.05) is 25.1 Å². The van der Waals surface area contributed by atoms with Gasteiger partial charge < -0.3 is 19.9 Å². The summed E-state index contributed by atoms with van der Waals surface area (Å²) in [7, 11) is 0. The Hall–Kier alpha value is -2.34. The lowest BCUT2D eigenvalue weighted by atomic mass is 10.1. The summed E-state index contributed by atoms with van der Waals surface area (Å²) in [6.45, 7) is 3.25. The van der Waals surface area contributed by atoms with Crippen molar-refractivity contribution in [3.63, 3.8) is 0 Å². The minimum absolute atomic E-state index is 0.00738. The number of carboxylic acid groups (broad SMARTS) is 1. The van der Waals surface area contributed by atoms with Gasteiger partial charge in [0.15, 0.2) is 6.04 Å². The van der Waals surface area contributed by atoms with E-state index in [0.717, 1.165) is 10.9 Å². The van der Waals surface area contributed by atoms with Gasteiger partial charge in [-0.05, 0) is 25.5 Å². The minimum atomic E-state index is -1.32. The first-order chi connectivity index (χ1) is 9.88. The third kappa shape index (κ3) is 3.41. The SMILES string of the molecule is Cc1ccc2c(CC(=O)N[C@H](C(=O)O)[C@@H](C)O)coc2c1. The van der Waals surface area contributed by atoms with Crippen molar-refractivity contribution >= 4 is 22.8 Å². The van der Waals surface area contributed by atoms with E-state index in [-0.39, 0.29) is 6.42 Å². The van der Waals surface area contributed by atoms with E-state index in [0.29, 0.717) is 11.1 Å². The van der Waals surface area contributed by atoms with Crippen LogP contribution in [0.1, 0.15) is 18.1 Å². The molecule has 2 atom stereocenters. The Bertz CT molecular complexity index is 674. The molecule has 6 heteroatoms. The molecule has 0 aliphatic heterocycles. The van der Waals surface area contributed by atoms with Crippen LogP contribution in [0.2, 0.25) is 0 Å². The fourth-order valence-electron chi connectivity index (χ4n) is 2.11. The summed E-state index contributed by atoms with van der Waals surface area (Å²) in [6, 6.07) is 4.32. The Balaban J connectivity index is 2.13. The number of aliphatic hydroxyl groups is 1. The van der Waals surface area contributed by atoms with Crippen molar-refractivity contribution in [1.29, 1.82) is 0 Å². The molecule has 0 aliphatic carbocycles. The van der Waals surface area contributed by atoms with Gasteiger partial charge in [-0.2, -0.15) is 0 Å². The molecule has 6 nitrogen and oxygen atoms in total. The van der Waals surface area contributed by atoms with E-state index in [2.05, 4.69) is 5.32 Å². The lowest BCUT2D eigenvalue weighted by Crippen LogP contribution is -2.48. The summed E-state index contributed by atoms with van der Waals surface area (Å²) < 4.78 is 5.38. The van der Waals surface area contributed by atoms with E-state index in [1.54, 1.807) is 0 Å². The molecular weight excluding hydrogens is 274 g/mol. The highest BCUT2D eigenvalue weighted by molar-refractivity contribution is 5.90. The van der Waals surface area contributed by atoms with Crippen LogP contribution >= 0.6 is 0 Å². The molecule has 21 heavy (non-hydrogen) atoms. The van der Waals surface area contributed by atoms with E-state index in [9.17, 15) is 14.7 Å². The number of hydrogen-bond donors (Lipinski definition) is 3. The van der Waals surface area contributed by atoms with E-state index in [1.165, 1.54) is 13.2 Å². The number of amides is 1. The smallest absolute Gasteiger partial charge is 0.328 e. The van der Waals surface area contributed by atoms with Crippen molar-refractivity contribution in [3.8, 4) is 0 Å². The second kappa shape index (κ2) is 5.97. The average molecular weight is 291 g/mol. The first-order valence-corrected chi connectivity index (χ1v) is 6.55. The van der Waals surface area contributed by atoms with Crippen molar-refractivity contribution in [2.24, 2.45) is 0 Å². The van der Waals surface area contributed by atoms with Gasteiger partial charge >= 0.3 is 5.97 Å². The number of fused-ring (bicyclic) bond motifs is 1. The molecule has 2 rings (SSSR count). The van der Waals surface area contributed by atoms with Gasteiger partial charge in [0, 0.05) is 10.9 Å². The molecule has 1 heterocycles. The normalized spacial score (nSPS) is 13.9. The van der Waals surface area contributed by atoms with Crippen LogP contribution in [0.3, 0.4) is 0 Å². The molecule has 0 saturated carbocycles. The van der Waals surface area contributed by atoms with Crippen LogP contribution in [0.15, 0.2) is 28.9 Å². The summed E-state index contributed by atoms with van der Waals surface area (Å²) in [6.07, 6.45) is 0.309. The Morgan fingerprint density at radius 3 is 2.71 bits per heavy atom. The second-order valence-electron chi connectivity index (χ2n) is 5.06. The summed E-state index contributed by atoms with van der Waals surface area (Å²) in [5, 5.41) is 21.4. The van der Waals surface area contributed by atoms with Crippen LogP contribution < -0.4 is 5.32 Å². The Morgan fingerprint density at radius 1 is 1.38 bits per heavy atom. The fraction of sp³-hybridized carbons (Fsp3) is 0.333. The number of furan rings is 1. The molecule has 0 saturated heterocycles. The number of aliphatic carboxylic acids is 1. The van der Waals surface area contributed by atoms with Gasteiger partial charge in [0.2, 0.25) is 5.91 Å². The Labute approximate surface area is 121 Å². The Kier molecular flexibility index (Phi) is 4.28. The molecule has 0 aliphatic rings. The van der Waals surface area contributed by atoms with Gasteiger partial charge in [0.1, 0.15) is 5.58 Å². The molecule has 0 fully saturated rings. The molecule has 112 valence electrons. The number of rotatable bonds is 5. The quantitative estimate of drug-likeness (QED) is 0.769. The molecular formula is C15H17NO5. The van der Waals surface area contributed by atoms with Gasteiger partial charge in [-0.15, -0.1) is 0 Å². The largest absolute Gasteiger partial charge is 0.480 e. The van der Waals surface area contributed by atoms with Crippen molar-refractivity contribution in [3.05, 3.63) is 35.6 Å². The lowest BCUT2D eigenvalue weighted by molar-refractivity contribution is -0.144. The maximum atomic E-state index is 11.9. The van der Waals surface area contributed by atoms with E-state index in [4.69, 9.17) is 9.52 Å². The van der Waals surface area contributed by atoms with Crippen LogP contribution in [0.5, 0.6) is 0 Å². The van der Waals surface area contributed by atoms with E-state index >= 15 is 0 Å². The van der Waals surface area contributed by atoms with E-state index < -0.39 is 24.0 Å². The minimum Gasteiger partial charge on any atom is -0.480 e. The highest BCUT2D eigenvalue weighted by Gasteiger charge is 2.25. The van der Waals surface area contributed by atoms with Crippen molar-refractivity contribution in [2.45, 2.75) is 32.4 Å². The second-order valence-corrected chi connectivity index (χ2v) is 5.06. The molecule has 0 spiro atoms. The first-order valence-electron chi connectivity index (χ1n) is 6.55. The van der Waals surface area contributed by atoms with Gasteiger partial charge in [-0.25, -0.2) is 4.79 Å². The zero-order valence-electron chi connectivity index (χ0n) is 11.8. The molecule has 3 N–H and O–H groups in total. The van der Waals surface area contributed by atoms with Gasteiger partial charge in [-0.3, -0.25) is 4.79 Å². The van der Waals surface area contributed by atoms with Crippen molar-refractivity contribution in [2.75, 3.05) is 0 Å². The van der Waals surface area contributed by atoms with Gasteiger partial charge in [-0.1, -0.05) is 12.1 Å². The summed E-state index contributed by atoms with van der Waals surface area (Å²) in [5.74, 6) is -1.75. The van der Waals surface area contributed by atoms with Crippen molar-refractivity contribution < 1.29 is 24.2 Å². The van der Waals surface area contributed by atoms with Crippen LogP contribution in [0, 0.1) is 6.92 Å². The molecule has 0 bridgehead atoms. The predicted octanol–water partition coefficient (Wildman–Crippen LogP) is 1.23. The molecule has 2 aromatic rings. The number of carboxylic acids is 1. The highest BCUT2D eigenvalue weighted by atomic mass is 16.4. The highest BCUT2D eigenvalue weighted by Crippen LogP contribution is 2.22. The monoisotopic (exact) mass is 291 g/mol. The summed E-state index contributed by atoms with van der Waals surface area (Å²) >= 11 is 0. The summed E-state index contributed by atoms with van der Waals surface area (Å²) in [4.78, 5) is 22.8. The maximum Gasteiger partial charge on any atom is 0.328 e. The van der Waals surface area contributed by atoms with Crippen molar-refractivity contribution in [1.82, 2.24) is 5.32 Å². The molecule has 1 aromatic carbocycles. The third-order valence-corrected chi connectivity index (χ3v) is 3.23. The predicted molar refractivity (Wildman–Crippen MR) is 75.9 cm³/mol. The fourth-order valence-corrected chi connectivity index (χ4v) is 2.11. The number of nitrogens with one attached hydrogen (secondary N) is 1. The van der Waals surface area contributed by atoms with Crippen LogP contribution in [0.25, 0.3) is 11.0 Å². The van der Waals surface area contributed by atoms with Crippen LogP contribution in [0.4, 0.5) is 0 Å². The topological polar surface area (TPSA) is 99.8 Å². The van der Waals surface area contributed by atoms with Crippen LogP contribution in [-0.2, 0) is 16.0 Å². The van der Waals surface area contributed by atoms with Gasteiger partial charge in [0.25, 0.3) is 0 Å². The number of benzene rings is 1.